The molecule has 1 aromatic heterocycles. The van der Waals surface area contributed by atoms with Crippen LogP contribution in [0.1, 0.15) is 41.6 Å². The van der Waals surface area contributed by atoms with Gasteiger partial charge in [-0.25, -0.2) is 13.6 Å². The SMILES string of the molecule is CCN1CCC(n2c(=O)[nH]c3cc(/C=C4\c5ccc(F)cc5COc5cc(F)ccc54)ccc32)C1. The van der Waals surface area contributed by atoms with Gasteiger partial charge in [0.05, 0.1) is 17.1 Å². The number of fused-ring (bicyclic) bond motifs is 3. The highest BCUT2D eigenvalue weighted by Crippen LogP contribution is 2.39. The van der Waals surface area contributed by atoms with Crippen LogP contribution in [0.2, 0.25) is 0 Å². The zero-order valence-electron chi connectivity index (χ0n) is 19.4. The Bertz CT molecular complexity index is 1480. The molecule has 1 N–H and O–H groups in total. The van der Waals surface area contributed by atoms with Gasteiger partial charge >= 0.3 is 5.69 Å². The summed E-state index contributed by atoms with van der Waals surface area (Å²) in [6, 6.07) is 15.1. The Morgan fingerprint density at radius 2 is 1.86 bits per heavy atom. The molecule has 0 amide bonds. The summed E-state index contributed by atoms with van der Waals surface area (Å²) in [5.41, 5.74) is 5.48. The van der Waals surface area contributed by atoms with Gasteiger partial charge in [0.2, 0.25) is 0 Å². The van der Waals surface area contributed by atoms with Crippen molar-refractivity contribution in [2.75, 3.05) is 19.6 Å². The van der Waals surface area contributed by atoms with E-state index in [2.05, 4.69) is 16.8 Å². The maximum atomic E-state index is 14.0. The lowest BCUT2D eigenvalue weighted by molar-refractivity contribution is 0.305. The normalized spacial score (nSPS) is 18.9. The highest BCUT2D eigenvalue weighted by atomic mass is 19.1. The molecule has 0 bridgehead atoms. The van der Waals surface area contributed by atoms with Gasteiger partial charge in [-0.1, -0.05) is 19.1 Å². The summed E-state index contributed by atoms with van der Waals surface area (Å²) in [5.74, 6) is -0.331. The van der Waals surface area contributed by atoms with Gasteiger partial charge in [-0.3, -0.25) is 4.57 Å². The number of H-pyrrole nitrogens is 1. The number of rotatable bonds is 3. The Labute approximate surface area is 201 Å². The summed E-state index contributed by atoms with van der Waals surface area (Å²) in [6.45, 7) is 5.12. The molecule has 178 valence electrons. The average molecular weight is 474 g/mol. The molecule has 7 heteroatoms. The zero-order chi connectivity index (χ0) is 24.1. The molecule has 35 heavy (non-hydrogen) atoms. The molecule has 2 aliphatic heterocycles. The molecule has 1 atom stereocenters. The number of hydrogen-bond donors (Lipinski definition) is 1. The van der Waals surface area contributed by atoms with Crippen molar-refractivity contribution >= 4 is 22.7 Å². The van der Waals surface area contributed by atoms with Gasteiger partial charge in [0.25, 0.3) is 0 Å². The van der Waals surface area contributed by atoms with Gasteiger partial charge in [-0.05, 0) is 72.1 Å². The topological polar surface area (TPSA) is 50.3 Å². The molecular weight excluding hydrogens is 448 g/mol. The first kappa shape index (κ1) is 21.8. The third-order valence-corrected chi connectivity index (χ3v) is 7.09. The van der Waals surface area contributed by atoms with Crippen LogP contribution in [0.3, 0.4) is 0 Å². The number of aromatic amines is 1. The number of halogens is 2. The van der Waals surface area contributed by atoms with Gasteiger partial charge in [-0.2, -0.15) is 0 Å². The van der Waals surface area contributed by atoms with E-state index >= 15 is 0 Å². The van der Waals surface area contributed by atoms with E-state index in [-0.39, 0.29) is 24.2 Å². The van der Waals surface area contributed by atoms with Crippen LogP contribution in [-0.4, -0.2) is 34.1 Å². The van der Waals surface area contributed by atoms with Crippen LogP contribution in [0.25, 0.3) is 22.7 Å². The van der Waals surface area contributed by atoms with Crippen LogP contribution in [0.4, 0.5) is 8.78 Å². The summed E-state index contributed by atoms with van der Waals surface area (Å²) in [4.78, 5) is 18.2. The molecular formula is C28H25F2N3O2. The molecule has 6 rings (SSSR count). The van der Waals surface area contributed by atoms with Crippen molar-refractivity contribution in [1.82, 2.24) is 14.5 Å². The monoisotopic (exact) mass is 473 g/mol. The molecule has 0 spiro atoms. The Morgan fingerprint density at radius 3 is 2.66 bits per heavy atom. The Morgan fingerprint density at radius 1 is 1.06 bits per heavy atom. The second-order valence-electron chi connectivity index (χ2n) is 9.20. The molecule has 0 aliphatic carbocycles. The van der Waals surface area contributed by atoms with Crippen LogP contribution in [0.15, 0.2) is 59.4 Å². The van der Waals surface area contributed by atoms with Gasteiger partial charge in [0.15, 0.2) is 0 Å². The molecule has 4 aromatic rings. The molecule has 3 heterocycles. The Kier molecular flexibility index (Phi) is 5.29. The fourth-order valence-corrected chi connectivity index (χ4v) is 5.32. The van der Waals surface area contributed by atoms with E-state index in [1.54, 1.807) is 12.1 Å². The van der Waals surface area contributed by atoms with Crippen LogP contribution < -0.4 is 10.4 Å². The van der Waals surface area contributed by atoms with E-state index in [0.29, 0.717) is 11.3 Å². The summed E-state index contributed by atoms with van der Waals surface area (Å²) in [6.07, 6.45) is 2.93. The number of nitrogens with zero attached hydrogens (tertiary/aromatic N) is 2. The molecule has 0 radical (unpaired) electrons. The molecule has 5 nitrogen and oxygen atoms in total. The molecule has 1 saturated heterocycles. The second kappa shape index (κ2) is 8.50. The van der Waals surface area contributed by atoms with Crippen LogP contribution in [0, 0.1) is 11.6 Å². The van der Waals surface area contributed by atoms with E-state index in [1.165, 1.54) is 24.3 Å². The standard InChI is InChI=1S/C28H25F2N3O2/c1-2-32-10-9-21(15-32)33-26-8-3-17(12-25(26)31-28(33)34)11-24-22-6-4-19(29)13-18(22)16-35-27-14-20(30)5-7-23(24)27/h3-8,11-14,21H,2,9-10,15-16H2,1H3,(H,31,34)/b24-11+. The largest absolute Gasteiger partial charge is 0.488 e. The minimum atomic E-state index is -0.394. The van der Waals surface area contributed by atoms with Crippen molar-refractivity contribution in [3.8, 4) is 5.75 Å². The number of nitrogens with one attached hydrogen (secondary N) is 1. The third kappa shape index (κ3) is 3.86. The van der Waals surface area contributed by atoms with Gasteiger partial charge in [0.1, 0.15) is 24.0 Å². The number of benzene rings is 3. The lowest BCUT2D eigenvalue weighted by Gasteiger charge is -2.14. The highest BCUT2D eigenvalue weighted by molar-refractivity contribution is 5.95. The lowest BCUT2D eigenvalue weighted by atomic mass is 9.92. The fraction of sp³-hybridized carbons (Fsp3) is 0.250. The number of likely N-dealkylation sites (tertiary alicyclic amines) is 1. The molecule has 0 saturated carbocycles. The zero-order valence-corrected chi connectivity index (χ0v) is 19.4. The van der Waals surface area contributed by atoms with Crippen molar-refractivity contribution < 1.29 is 13.5 Å². The summed E-state index contributed by atoms with van der Waals surface area (Å²) < 4.78 is 35.7. The van der Waals surface area contributed by atoms with E-state index in [9.17, 15) is 13.6 Å². The number of likely N-dealkylation sites (N-methyl/N-ethyl adjacent to an activating group) is 1. The van der Waals surface area contributed by atoms with Crippen molar-refractivity contribution in [3.05, 3.63) is 99.0 Å². The van der Waals surface area contributed by atoms with Crippen LogP contribution in [-0.2, 0) is 6.61 Å². The lowest BCUT2D eigenvalue weighted by Crippen LogP contribution is -2.26. The number of imidazole rings is 1. The summed E-state index contributed by atoms with van der Waals surface area (Å²) in [5, 5.41) is 0. The van der Waals surface area contributed by atoms with E-state index in [4.69, 9.17) is 4.74 Å². The van der Waals surface area contributed by atoms with Crippen molar-refractivity contribution in [2.24, 2.45) is 0 Å². The quantitative estimate of drug-likeness (QED) is 0.436. The average Bonchev–Trinajstić information content (AvgIpc) is 3.40. The first-order chi connectivity index (χ1) is 17.0. The smallest absolute Gasteiger partial charge is 0.326 e. The van der Waals surface area contributed by atoms with Crippen LogP contribution >= 0.6 is 0 Å². The predicted molar refractivity (Wildman–Crippen MR) is 132 cm³/mol. The molecule has 1 fully saturated rings. The maximum absolute atomic E-state index is 14.0. The van der Waals surface area contributed by atoms with Gasteiger partial charge in [-0.15, -0.1) is 0 Å². The van der Waals surface area contributed by atoms with E-state index < -0.39 is 5.82 Å². The third-order valence-electron chi connectivity index (χ3n) is 7.09. The maximum Gasteiger partial charge on any atom is 0.326 e. The molecule has 3 aromatic carbocycles. The van der Waals surface area contributed by atoms with Crippen molar-refractivity contribution in [3.63, 3.8) is 0 Å². The van der Waals surface area contributed by atoms with E-state index in [0.717, 1.165) is 59.4 Å². The Balaban J connectivity index is 1.47. The van der Waals surface area contributed by atoms with Crippen molar-refractivity contribution in [2.45, 2.75) is 26.0 Å². The van der Waals surface area contributed by atoms with Gasteiger partial charge < -0.3 is 14.6 Å². The molecule has 2 aliphatic rings. The highest BCUT2D eigenvalue weighted by Gasteiger charge is 2.26. The van der Waals surface area contributed by atoms with E-state index in [1.807, 2.05) is 28.8 Å². The summed E-state index contributed by atoms with van der Waals surface area (Å²) >= 11 is 0. The minimum Gasteiger partial charge on any atom is -0.488 e. The van der Waals surface area contributed by atoms with Crippen molar-refractivity contribution in [1.29, 1.82) is 0 Å². The summed E-state index contributed by atoms with van der Waals surface area (Å²) in [7, 11) is 0. The number of hydrogen-bond acceptors (Lipinski definition) is 3. The fourth-order valence-electron chi connectivity index (χ4n) is 5.32. The minimum absolute atomic E-state index is 0.0998. The Hall–Kier alpha value is -3.71. The van der Waals surface area contributed by atoms with Crippen LogP contribution in [0.5, 0.6) is 5.75 Å². The van der Waals surface area contributed by atoms with Gasteiger partial charge in [0, 0.05) is 30.3 Å². The molecule has 1 unspecified atom stereocenters. The number of ether oxygens (including phenoxy) is 1. The first-order valence-electron chi connectivity index (χ1n) is 11.9. The number of aromatic nitrogens is 2. The second-order valence-corrected chi connectivity index (χ2v) is 9.20. The predicted octanol–water partition coefficient (Wildman–Crippen LogP) is 5.36. The first-order valence-corrected chi connectivity index (χ1v) is 11.9.